The lowest BCUT2D eigenvalue weighted by molar-refractivity contribution is -0.119. The zero-order valence-electron chi connectivity index (χ0n) is 15.2. The van der Waals surface area contributed by atoms with Crippen LogP contribution in [0.25, 0.3) is 0 Å². The van der Waals surface area contributed by atoms with Gasteiger partial charge in [0.25, 0.3) is 0 Å². The van der Waals surface area contributed by atoms with E-state index in [1.54, 1.807) is 12.3 Å². The molecule has 144 valence electrons. The number of rotatable bonds is 8. The minimum atomic E-state index is -0.307. The number of hydrogen-bond donors (Lipinski definition) is 2. The molecule has 1 aromatic heterocycles. The van der Waals surface area contributed by atoms with E-state index in [1.807, 2.05) is 39.9 Å². The lowest BCUT2D eigenvalue weighted by Crippen LogP contribution is -2.40. The molecule has 3 N–H and O–H groups in total. The summed E-state index contributed by atoms with van der Waals surface area (Å²) in [5, 5.41) is 7.28. The normalized spacial score (nSPS) is 15.4. The molecule has 0 spiro atoms. The summed E-state index contributed by atoms with van der Waals surface area (Å²) >= 11 is 0. The standard InChI is InChI=1S/C19H25N5O3/c20-17(25)14-23-11-7-15(8-12-23)24-18(6-10-21-24)22-19(26)9-13-27-16-4-2-1-3-5-16/h1-6,10,15H,7-9,11-14H2,(H2,20,25)(H,22,26). The summed E-state index contributed by atoms with van der Waals surface area (Å²) in [5.74, 6) is 1.02. The van der Waals surface area contributed by atoms with E-state index in [9.17, 15) is 9.59 Å². The zero-order valence-corrected chi connectivity index (χ0v) is 15.2. The van der Waals surface area contributed by atoms with Gasteiger partial charge in [-0.2, -0.15) is 5.10 Å². The molecule has 0 aliphatic carbocycles. The zero-order chi connectivity index (χ0) is 19.1. The van der Waals surface area contributed by atoms with Gasteiger partial charge in [0.15, 0.2) is 0 Å². The van der Waals surface area contributed by atoms with Gasteiger partial charge in [-0.3, -0.25) is 14.5 Å². The van der Waals surface area contributed by atoms with Crippen molar-refractivity contribution in [1.82, 2.24) is 14.7 Å². The Morgan fingerprint density at radius 2 is 1.93 bits per heavy atom. The smallest absolute Gasteiger partial charge is 0.231 e. The highest BCUT2D eigenvalue weighted by molar-refractivity contribution is 5.89. The van der Waals surface area contributed by atoms with Crippen LogP contribution in [0.4, 0.5) is 5.82 Å². The van der Waals surface area contributed by atoms with Crippen molar-refractivity contribution in [3.8, 4) is 5.75 Å². The largest absolute Gasteiger partial charge is 0.493 e. The minimum absolute atomic E-state index is 0.112. The molecule has 8 heteroatoms. The molecule has 1 aromatic carbocycles. The summed E-state index contributed by atoms with van der Waals surface area (Å²) in [4.78, 5) is 25.3. The van der Waals surface area contributed by atoms with Gasteiger partial charge in [-0.15, -0.1) is 0 Å². The Bertz CT molecular complexity index is 754. The number of para-hydroxylation sites is 1. The molecule has 27 heavy (non-hydrogen) atoms. The molecule has 0 bridgehead atoms. The van der Waals surface area contributed by atoms with Gasteiger partial charge in [0, 0.05) is 19.2 Å². The molecule has 8 nitrogen and oxygen atoms in total. The Hall–Kier alpha value is -2.87. The summed E-state index contributed by atoms with van der Waals surface area (Å²) in [6, 6.07) is 11.4. The van der Waals surface area contributed by atoms with Crippen LogP contribution in [0.2, 0.25) is 0 Å². The van der Waals surface area contributed by atoms with E-state index >= 15 is 0 Å². The number of carbonyl (C=O) groups is 2. The average Bonchev–Trinajstić information content (AvgIpc) is 3.11. The van der Waals surface area contributed by atoms with Crippen molar-refractivity contribution in [2.45, 2.75) is 25.3 Å². The number of ether oxygens (including phenoxy) is 1. The van der Waals surface area contributed by atoms with Crippen molar-refractivity contribution in [3.63, 3.8) is 0 Å². The molecule has 1 aliphatic heterocycles. The highest BCUT2D eigenvalue weighted by atomic mass is 16.5. The number of primary amides is 1. The van der Waals surface area contributed by atoms with Gasteiger partial charge in [0.1, 0.15) is 11.6 Å². The maximum Gasteiger partial charge on any atom is 0.231 e. The molecule has 0 saturated carbocycles. The number of piperidine rings is 1. The van der Waals surface area contributed by atoms with Crippen LogP contribution in [-0.2, 0) is 9.59 Å². The highest BCUT2D eigenvalue weighted by Gasteiger charge is 2.23. The first kappa shape index (κ1) is 18.9. The molecular formula is C19H25N5O3. The first-order chi connectivity index (χ1) is 13.1. The highest BCUT2D eigenvalue weighted by Crippen LogP contribution is 2.25. The second-order valence-corrected chi connectivity index (χ2v) is 6.59. The van der Waals surface area contributed by atoms with E-state index in [0.29, 0.717) is 12.4 Å². The van der Waals surface area contributed by atoms with Gasteiger partial charge in [0.05, 0.1) is 31.8 Å². The van der Waals surface area contributed by atoms with Crippen molar-refractivity contribution in [2.75, 3.05) is 31.6 Å². The number of likely N-dealkylation sites (tertiary alicyclic amines) is 1. The first-order valence-corrected chi connectivity index (χ1v) is 9.13. The number of nitrogens with two attached hydrogens (primary N) is 1. The molecule has 0 atom stereocenters. The number of aromatic nitrogens is 2. The molecule has 1 saturated heterocycles. The van der Waals surface area contributed by atoms with E-state index in [-0.39, 0.29) is 30.8 Å². The van der Waals surface area contributed by atoms with Crippen molar-refractivity contribution in [3.05, 3.63) is 42.6 Å². The fraction of sp³-hybridized carbons (Fsp3) is 0.421. The monoisotopic (exact) mass is 371 g/mol. The van der Waals surface area contributed by atoms with E-state index in [0.717, 1.165) is 31.7 Å². The SMILES string of the molecule is NC(=O)CN1CCC(n2nccc2NC(=O)CCOc2ccccc2)CC1. The van der Waals surface area contributed by atoms with E-state index < -0.39 is 0 Å². The van der Waals surface area contributed by atoms with Crippen LogP contribution in [0.15, 0.2) is 42.6 Å². The maximum absolute atomic E-state index is 12.2. The Morgan fingerprint density at radius 3 is 2.63 bits per heavy atom. The molecule has 3 rings (SSSR count). The number of anilines is 1. The van der Waals surface area contributed by atoms with Crippen molar-refractivity contribution in [2.24, 2.45) is 5.73 Å². The molecular weight excluding hydrogens is 346 g/mol. The summed E-state index contributed by atoms with van der Waals surface area (Å²) in [6.45, 7) is 2.17. The van der Waals surface area contributed by atoms with E-state index in [2.05, 4.69) is 10.4 Å². The number of nitrogens with zero attached hydrogens (tertiary/aromatic N) is 3. The first-order valence-electron chi connectivity index (χ1n) is 9.13. The van der Waals surface area contributed by atoms with Gasteiger partial charge < -0.3 is 15.8 Å². The quantitative estimate of drug-likeness (QED) is 0.730. The topological polar surface area (TPSA) is 102 Å². The van der Waals surface area contributed by atoms with Crippen molar-refractivity contribution >= 4 is 17.6 Å². The fourth-order valence-corrected chi connectivity index (χ4v) is 3.23. The van der Waals surface area contributed by atoms with Crippen LogP contribution >= 0.6 is 0 Å². The third-order valence-corrected chi connectivity index (χ3v) is 4.56. The van der Waals surface area contributed by atoms with E-state index in [4.69, 9.17) is 10.5 Å². The Kier molecular flexibility index (Phi) is 6.43. The van der Waals surface area contributed by atoms with Gasteiger partial charge in [-0.25, -0.2) is 4.68 Å². The average molecular weight is 371 g/mol. The van der Waals surface area contributed by atoms with Crippen molar-refractivity contribution < 1.29 is 14.3 Å². The van der Waals surface area contributed by atoms with Gasteiger partial charge >= 0.3 is 0 Å². The van der Waals surface area contributed by atoms with Crippen LogP contribution in [0.3, 0.4) is 0 Å². The second-order valence-electron chi connectivity index (χ2n) is 6.59. The molecule has 2 aromatic rings. The number of amides is 2. The van der Waals surface area contributed by atoms with Crippen molar-refractivity contribution in [1.29, 1.82) is 0 Å². The van der Waals surface area contributed by atoms with Crippen LogP contribution in [0.5, 0.6) is 5.75 Å². The molecule has 0 unspecified atom stereocenters. The number of hydrogen-bond acceptors (Lipinski definition) is 5. The predicted octanol–water partition coefficient (Wildman–Crippen LogP) is 1.41. The third-order valence-electron chi connectivity index (χ3n) is 4.56. The molecule has 1 fully saturated rings. The lowest BCUT2D eigenvalue weighted by atomic mass is 10.1. The second kappa shape index (κ2) is 9.18. The number of benzene rings is 1. The van der Waals surface area contributed by atoms with Crippen LogP contribution in [0, 0.1) is 0 Å². The maximum atomic E-state index is 12.2. The summed E-state index contributed by atoms with van der Waals surface area (Å²) < 4.78 is 7.42. The minimum Gasteiger partial charge on any atom is -0.493 e. The Morgan fingerprint density at radius 1 is 1.19 bits per heavy atom. The molecule has 0 radical (unpaired) electrons. The van der Waals surface area contributed by atoms with Crippen LogP contribution in [0.1, 0.15) is 25.3 Å². The molecule has 2 amide bonds. The Labute approximate surface area is 158 Å². The van der Waals surface area contributed by atoms with Crippen LogP contribution < -0.4 is 15.8 Å². The molecule has 1 aliphatic rings. The number of nitrogens with one attached hydrogen (secondary N) is 1. The van der Waals surface area contributed by atoms with Crippen LogP contribution in [-0.4, -0.2) is 52.7 Å². The number of carbonyl (C=O) groups excluding carboxylic acids is 2. The predicted molar refractivity (Wildman–Crippen MR) is 101 cm³/mol. The van der Waals surface area contributed by atoms with Gasteiger partial charge in [0.2, 0.25) is 11.8 Å². The fourth-order valence-electron chi connectivity index (χ4n) is 3.23. The summed E-state index contributed by atoms with van der Waals surface area (Å²) in [7, 11) is 0. The molecule has 2 heterocycles. The van der Waals surface area contributed by atoms with Gasteiger partial charge in [-0.05, 0) is 25.0 Å². The van der Waals surface area contributed by atoms with Gasteiger partial charge in [-0.1, -0.05) is 18.2 Å². The lowest BCUT2D eigenvalue weighted by Gasteiger charge is -2.31. The third kappa shape index (κ3) is 5.55. The van der Waals surface area contributed by atoms with E-state index in [1.165, 1.54) is 0 Å². The Balaban J connectivity index is 1.47. The summed E-state index contributed by atoms with van der Waals surface area (Å²) in [6.07, 6.45) is 3.66. The summed E-state index contributed by atoms with van der Waals surface area (Å²) in [5.41, 5.74) is 5.25.